The van der Waals surface area contributed by atoms with Gasteiger partial charge in [0, 0.05) is 17.2 Å². The number of carboxylic acids is 1. The number of hydrogen-bond acceptors (Lipinski definition) is 7. The standard InChI is InChI=1S/C23H24N4O4S2/c1-11-16(19(23(30)31)27-18(11)17(12(2)28)20(27)29)15-9-26-10-25(21(32-3)22(26)33-15)8-13-5-4-6-14(24)7-13/h4-7,9-12,17-18,28H,8,24H2,1-3H3/t11-,12+,17+,18+/m0/s1. The number of aromatic nitrogens is 2. The van der Waals surface area contributed by atoms with Crippen LogP contribution in [-0.4, -0.2) is 44.7 Å². The number of nitrogens with zero attached hydrogens (tertiary/aromatic N) is 3. The summed E-state index contributed by atoms with van der Waals surface area (Å²) in [5, 5.41) is 23.2. The highest BCUT2D eigenvalue weighted by atomic mass is 32.2. The van der Waals surface area contributed by atoms with Gasteiger partial charge in [-0.1, -0.05) is 42.2 Å². The number of hydrogen-bond donors (Lipinski definition) is 2. The predicted molar refractivity (Wildman–Crippen MR) is 124 cm³/mol. The summed E-state index contributed by atoms with van der Waals surface area (Å²) in [5.41, 5.74) is 8.26. The molecule has 3 aromatic rings. The molecule has 5 rings (SSSR count). The zero-order valence-corrected chi connectivity index (χ0v) is 20.0. The average Bonchev–Trinajstić information content (AvgIpc) is 3.35. The SMILES string of the molecule is CSc1c2sc(C3=C(C(=O)[O-])N4C(=O)[C@H]([C@@H](C)O)[C@H]4[C@H]3C)cn2c[n+]1Cc1cccc(N)c1. The Morgan fingerprint density at radius 2 is 2.18 bits per heavy atom. The highest BCUT2D eigenvalue weighted by Gasteiger charge is 2.59. The monoisotopic (exact) mass is 484 g/mol. The summed E-state index contributed by atoms with van der Waals surface area (Å²) < 4.78 is 4.13. The minimum absolute atomic E-state index is 0.0720. The van der Waals surface area contributed by atoms with Crippen molar-refractivity contribution in [3.8, 4) is 0 Å². The van der Waals surface area contributed by atoms with Gasteiger partial charge in [0.1, 0.15) is 12.7 Å². The van der Waals surface area contributed by atoms with E-state index in [0.29, 0.717) is 17.8 Å². The summed E-state index contributed by atoms with van der Waals surface area (Å²) in [4.78, 5) is 27.7. The second-order valence-corrected chi connectivity index (χ2v) is 10.4. The number of amides is 1. The van der Waals surface area contributed by atoms with Crippen LogP contribution in [0.3, 0.4) is 0 Å². The molecule has 0 radical (unpaired) electrons. The average molecular weight is 485 g/mol. The fourth-order valence-corrected chi connectivity index (χ4v) is 7.32. The fourth-order valence-electron chi connectivity index (χ4n) is 5.15. The predicted octanol–water partition coefficient (Wildman–Crippen LogP) is 0.959. The van der Waals surface area contributed by atoms with E-state index in [9.17, 15) is 19.8 Å². The first kappa shape index (κ1) is 22.0. The van der Waals surface area contributed by atoms with Gasteiger partial charge in [-0.25, -0.2) is 4.57 Å². The summed E-state index contributed by atoms with van der Waals surface area (Å²) in [7, 11) is 0. The Morgan fingerprint density at radius 1 is 1.42 bits per heavy atom. The first-order chi connectivity index (χ1) is 15.7. The van der Waals surface area contributed by atoms with E-state index >= 15 is 0 Å². The Morgan fingerprint density at radius 3 is 2.82 bits per heavy atom. The van der Waals surface area contributed by atoms with Crippen LogP contribution in [0.25, 0.3) is 10.4 Å². The fraction of sp³-hybridized carbons (Fsp3) is 0.348. The molecule has 0 spiro atoms. The molecule has 2 aliphatic heterocycles. The molecule has 3 N–H and O–H groups in total. The lowest BCUT2D eigenvalue weighted by atomic mass is 9.77. The van der Waals surface area contributed by atoms with Crippen LogP contribution in [0.5, 0.6) is 0 Å². The molecule has 172 valence electrons. The van der Waals surface area contributed by atoms with E-state index in [0.717, 1.165) is 20.3 Å². The van der Waals surface area contributed by atoms with Gasteiger partial charge < -0.3 is 25.6 Å². The van der Waals surface area contributed by atoms with Crippen molar-refractivity contribution in [2.45, 2.75) is 37.6 Å². The highest BCUT2D eigenvalue weighted by Crippen LogP contribution is 2.51. The van der Waals surface area contributed by atoms with Gasteiger partial charge in [-0.15, -0.1) is 0 Å². The number of aliphatic carboxylic acids is 1. The number of carbonyl (C=O) groups is 2. The van der Waals surface area contributed by atoms with Gasteiger partial charge in [-0.05, 0) is 30.9 Å². The van der Waals surface area contributed by atoms with Crippen molar-refractivity contribution >= 4 is 51.1 Å². The molecule has 0 unspecified atom stereocenters. The Labute approximate surface area is 198 Å². The number of anilines is 1. The zero-order chi connectivity index (χ0) is 23.6. The molecule has 1 aromatic carbocycles. The molecule has 1 saturated heterocycles. The third-order valence-corrected chi connectivity index (χ3v) is 8.62. The quantitative estimate of drug-likeness (QED) is 0.233. The van der Waals surface area contributed by atoms with Gasteiger partial charge >= 0.3 is 0 Å². The summed E-state index contributed by atoms with van der Waals surface area (Å²) >= 11 is 3.11. The zero-order valence-electron chi connectivity index (χ0n) is 18.4. The lowest BCUT2D eigenvalue weighted by molar-refractivity contribution is -0.721. The van der Waals surface area contributed by atoms with E-state index in [1.54, 1.807) is 18.7 Å². The molecule has 4 atom stereocenters. The van der Waals surface area contributed by atoms with Gasteiger partial charge in [-0.2, -0.15) is 4.40 Å². The molecule has 10 heteroatoms. The summed E-state index contributed by atoms with van der Waals surface area (Å²) in [5.74, 6) is -2.55. The second-order valence-electron chi connectivity index (χ2n) is 8.61. The number of β-lactam (4-membered cyclic amide) rings is 1. The molecule has 1 amide bonds. The van der Waals surface area contributed by atoms with E-state index in [1.807, 2.05) is 54.4 Å². The Hall–Kier alpha value is -2.82. The van der Waals surface area contributed by atoms with Crippen molar-refractivity contribution in [3.05, 3.63) is 52.9 Å². The van der Waals surface area contributed by atoms with Gasteiger partial charge in [0.15, 0.2) is 0 Å². The largest absolute Gasteiger partial charge is 0.543 e. The molecule has 0 bridgehead atoms. The number of benzene rings is 1. The second kappa shape index (κ2) is 7.89. The van der Waals surface area contributed by atoms with E-state index in [-0.39, 0.29) is 23.6 Å². The van der Waals surface area contributed by atoms with Crippen molar-refractivity contribution in [2.24, 2.45) is 11.8 Å². The Balaban J connectivity index is 1.56. The molecule has 4 heterocycles. The summed E-state index contributed by atoms with van der Waals surface area (Å²) in [6, 6.07) is 7.40. The Bertz CT molecular complexity index is 1330. The molecule has 1 fully saturated rings. The van der Waals surface area contributed by atoms with Crippen molar-refractivity contribution in [3.63, 3.8) is 0 Å². The van der Waals surface area contributed by atoms with E-state index < -0.39 is 18.0 Å². The molecule has 8 nitrogen and oxygen atoms in total. The molecule has 2 aliphatic rings. The molecular weight excluding hydrogens is 460 g/mol. The number of aliphatic hydroxyl groups is 1. The number of carboxylic acid groups (broad SMARTS) is 1. The molecular formula is C23H24N4O4S2. The minimum Gasteiger partial charge on any atom is -0.543 e. The minimum atomic E-state index is -1.36. The number of thiazole rings is 1. The van der Waals surface area contributed by atoms with Crippen molar-refractivity contribution in [2.75, 3.05) is 12.0 Å². The van der Waals surface area contributed by atoms with Crippen LogP contribution in [-0.2, 0) is 16.1 Å². The summed E-state index contributed by atoms with van der Waals surface area (Å²) in [6.45, 7) is 4.15. The highest BCUT2D eigenvalue weighted by molar-refractivity contribution is 7.98. The van der Waals surface area contributed by atoms with E-state index in [2.05, 4.69) is 4.57 Å². The molecule has 0 aliphatic carbocycles. The van der Waals surface area contributed by atoms with Crippen LogP contribution in [0, 0.1) is 11.8 Å². The number of imidazole rings is 1. The third kappa shape index (κ3) is 3.27. The first-order valence-electron chi connectivity index (χ1n) is 10.6. The van der Waals surface area contributed by atoms with Crippen LogP contribution in [0.2, 0.25) is 0 Å². The van der Waals surface area contributed by atoms with Gasteiger partial charge in [0.05, 0.1) is 34.6 Å². The lowest BCUT2D eigenvalue weighted by Crippen LogP contribution is -2.64. The van der Waals surface area contributed by atoms with Crippen LogP contribution in [0.15, 0.2) is 47.5 Å². The topological polar surface area (TPSA) is 115 Å². The van der Waals surface area contributed by atoms with Gasteiger partial charge in [0.2, 0.25) is 15.8 Å². The number of thioether (sulfide) groups is 1. The maximum atomic E-state index is 12.6. The maximum absolute atomic E-state index is 12.6. The number of carbonyl (C=O) groups excluding carboxylic acids is 2. The molecule has 33 heavy (non-hydrogen) atoms. The third-order valence-electron chi connectivity index (χ3n) is 6.53. The lowest BCUT2D eigenvalue weighted by Gasteiger charge is -2.47. The maximum Gasteiger partial charge on any atom is 0.250 e. The van der Waals surface area contributed by atoms with E-state index in [4.69, 9.17) is 5.73 Å². The first-order valence-corrected chi connectivity index (χ1v) is 12.7. The number of nitrogens with two attached hydrogens (primary N) is 1. The molecule has 0 saturated carbocycles. The van der Waals surface area contributed by atoms with Gasteiger partial charge in [0.25, 0.3) is 6.33 Å². The number of nitrogen functional groups attached to an aromatic ring is 1. The van der Waals surface area contributed by atoms with Crippen LogP contribution >= 0.6 is 23.1 Å². The number of fused-ring (bicyclic) bond motifs is 2. The number of rotatable bonds is 6. The van der Waals surface area contributed by atoms with Crippen LogP contribution in [0.1, 0.15) is 24.3 Å². The van der Waals surface area contributed by atoms with Crippen molar-refractivity contribution in [1.82, 2.24) is 9.30 Å². The smallest absolute Gasteiger partial charge is 0.250 e. The van der Waals surface area contributed by atoms with Crippen molar-refractivity contribution < 1.29 is 24.4 Å². The van der Waals surface area contributed by atoms with Crippen molar-refractivity contribution in [1.29, 1.82) is 0 Å². The van der Waals surface area contributed by atoms with Crippen LogP contribution in [0.4, 0.5) is 5.69 Å². The van der Waals surface area contributed by atoms with Crippen LogP contribution < -0.4 is 15.4 Å². The summed E-state index contributed by atoms with van der Waals surface area (Å²) in [6.07, 6.45) is 5.07. The Kier molecular flexibility index (Phi) is 5.26. The number of aliphatic hydroxyl groups excluding tert-OH is 1. The van der Waals surface area contributed by atoms with E-state index in [1.165, 1.54) is 16.2 Å². The normalized spacial score (nSPS) is 23.2. The van der Waals surface area contributed by atoms with Gasteiger partial charge in [-0.3, -0.25) is 4.79 Å². The molecule has 2 aromatic heterocycles.